The molecule has 4 rings (SSSR count). The van der Waals surface area contributed by atoms with Gasteiger partial charge in [-0.1, -0.05) is 0 Å². The van der Waals surface area contributed by atoms with Crippen molar-refractivity contribution in [1.82, 2.24) is 0 Å². The van der Waals surface area contributed by atoms with Gasteiger partial charge in [0.15, 0.2) is 0 Å². The van der Waals surface area contributed by atoms with Crippen molar-refractivity contribution >= 4 is 17.6 Å². The van der Waals surface area contributed by atoms with Crippen molar-refractivity contribution in [3.63, 3.8) is 0 Å². The number of phenols is 1. The van der Waals surface area contributed by atoms with Crippen LogP contribution in [0.15, 0.2) is 47.5 Å². The molecule has 28 heavy (non-hydrogen) atoms. The summed E-state index contributed by atoms with van der Waals surface area (Å²) >= 11 is 0. The molecule has 2 aliphatic rings. The maximum Gasteiger partial charge on any atom is 0.148 e. The van der Waals surface area contributed by atoms with E-state index in [0.717, 1.165) is 11.3 Å². The van der Waals surface area contributed by atoms with Crippen molar-refractivity contribution in [2.75, 3.05) is 55.9 Å². The maximum absolute atomic E-state index is 14.6. The first-order chi connectivity index (χ1) is 13.7. The topological polar surface area (TPSA) is 57.5 Å². The number of hydrogen-bond donors (Lipinski definition) is 1. The van der Waals surface area contributed by atoms with Crippen LogP contribution in [0.2, 0.25) is 0 Å². The number of anilines is 2. The van der Waals surface area contributed by atoms with Crippen LogP contribution in [-0.4, -0.2) is 63.5 Å². The molecule has 2 saturated heterocycles. The van der Waals surface area contributed by atoms with Crippen LogP contribution in [0.1, 0.15) is 5.56 Å². The van der Waals surface area contributed by atoms with Gasteiger partial charge in [0, 0.05) is 31.5 Å². The summed E-state index contributed by atoms with van der Waals surface area (Å²) in [6, 6.07) is 12.2. The minimum Gasteiger partial charge on any atom is -0.508 e. The molecule has 2 aromatic carbocycles. The van der Waals surface area contributed by atoms with Gasteiger partial charge in [-0.05, 0) is 48.0 Å². The van der Waals surface area contributed by atoms with E-state index in [0.29, 0.717) is 51.8 Å². The van der Waals surface area contributed by atoms with Crippen LogP contribution in [0.25, 0.3) is 0 Å². The Morgan fingerprint density at radius 3 is 2.64 bits per heavy atom. The fourth-order valence-corrected chi connectivity index (χ4v) is 3.43. The molecular weight excluding hydrogens is 361 g/mol. The van der Waals surface area contributed by atoms with Crippen molar-refractivity contribution < 1.29 is 19.0 Å². The fourth-order valence-electron chi connectivity index (χ4n) is 3.43. The standard InChI is InChI=1S/C21H24FN3O3/c22-20-11-17(3-6-21(20)24-7-9-27-10-8-24)25-14-19(28-15-25)13-23-12-16-1-4-18(26)5-2-16/h1-6,11-12,19,26H,7-10,13-15H2/t19-/m0/s1. The lowest BCUT2D eigenvalue weighted by Crippen LogP contribution is -2.36. The zero-order valence-corrected chi connectivity index (χ0v) is 15.6. The molecule has 0 radical (unpaired) electrons. The third-order valence-electron chi connectivity index (χ3n) is 4.98. The molecule has 0 unspecified atom stereocenters. The molecule has 2 heterocycles. The van der Waals surface area contributed by atoms with Gasteiger partial charge in [-0.25, -0.2) is 4.39 Å². The Kier molecular flexibility index (Phi) is 5.73. The van der Waals surface area contributed by atoms with Crippen LogP contribution < -0.4 is 9.80 Å². The summed E-state index contributed by atoms with van der Waals surface area (Å²) in [4.78, 5) is 8.46. The van der Waals surface area contributed by atoms with Gasteiger partial charge in [-0.2, -0.15) is 0 Å². The van der Waals surface area contributed by atoms with Gasteiger partial charge in [0.05, 0.1) is 31.5 Å². The highest BCUT2D eigenvalue weighted by Gasteiger charge is 2.24. The second-order valence-electron chi connectivity index (χ2n) is 6.96. The Bertz CT molecular complexity index is 822. The number of aromatic hydroxyl groups is 1. The quantitative estimate of drug-likeness (QED) is 0.802. The highest BCUT2D eigenvalue weighted by Crippen LogP contribution is 2.27. The van der Waals surface area contributed by atoms with Crippen molar-refractivity contribution in [3.8, 4) is 5.75 Å². The average molecular weight is 385 g/mol. The smallest absolute Gasteiger partial charge is 0.148 e. The second kappa shape index (κ2) is 8.58. The Morgan fingerprint density at radius 2 is 1.89 bits per heavy atom. The lowest BCUT2D eigenvalue weighted by Gasteiger charge is -2.29. The number of benzene rings is 2. The maximum atomic E-state index is 14.6. The van der Waals surface area contributed by atoms with E-state index in [9.17, 15) is 9.50 Å². The van der Waals surface area contributed by atoms with Gasteiger partial charge in [-0.3, -0.25) is 4.99 Å². The number of nitrogens with zero attached hydrogens (tertiary/aromatic N) is 3. The van der Waals surface area contributed by atoms with Crippen LogP contribution >= 0.6 is 0 Å². The van der Waals surface area contributed by atoms with Crippen LogP contribution in [0.3, 0.4) is 0 Å². The summed E-state index contributed by atoms with van der Waals surface area (Å²) in [5.41, 5.74) is 2.37. The van der Waals surface area contributed by atoms with Crippen LogP contribution in [-0.2, 0) is 9.47 Å². The minimum absolute atomic E-state index is 0.0321. The number of morpholine rings is 1. The van der Waals surface area contributed by atoms with Crippen molar-refractivity contribution in [2.24, 2.45) is 4.99 Å². The molecule has 1 atom stereocenters. The molecule has 0 aliphatic carbocycles. The summed E-state index contributed by atoms with van der Waals surface area (Å²) in [7, 11) is 0. The van der Waals surface area contributed by atoms with Crippen molar-refractivity contribution in [1.29, 1.82) is 0 Å². The van der Waals surface area contributed by atoms with Crippen molar-refractivity contribution in [3.05, 3.63) is 53.8 Å². The zero-order chi connectivity index (χ0) is 19.3. The molecule has 0 spiro atoms. The van der Waals surface area contributed by atoms with E-state index < -0.39 is 0 Å². The number of aliphatic imine (C=N–C) groups is 1. The van der Waals surface area contributed by atoms with E-state index in [-0.39, 0.29) is 17.7 Å². The number of hydrogen-bond acceptors (Lipinski definition) is 6. The normalized spacial score (nSPS) is 20.2. The van der Waals surface area contributed by atoms with Gasteiger partial charge >= 0.3 is 0 Å². The second-order valence-corrected chi connectivity index (χ2v) is 6.96. The van der Waals surface area contributed by atoms with Crippen molar-refractivity contribution in [2.45, 2.75) is 6.10 Å². The van der Waals surface area contributed by atoms with Crippen LogP contribution in [0.4, 0.5) is 15.8 Å². The number of halogens is 1. The molecule has 6 nitrogen and oxygen atoms in total. The van der Waals surface area contributed by atoms with Gasteiger partial charge in [0.1, 0.15) is 18.3 Å². The first-order valence-electron chi connectivity index (χ1n) is 9.47. The number of ether oxygens (including phenoxy) is 2. The molecule has 148 valence electrons. The molecule has 0 aromatic heterocycles. The summed E-state index contributed by atoms with van der Waals surface area (Å²) in [6.07, 6.45) is 1.73. The van der Waals surface area contributed by atoms with Gasteiger partial charge in [0.2, 0.25) is 0 Å². The SMILES string of the molecule is Oc1ccc(C=NC[C@H]2CN(c3ccc(N4CCOCC4)c(F)c3)CO2)cc1. The molecule has 0 bridgehead atoms. The predicted octanol–water partition coefficient (Wildman–Crippen LogP) is 2.65. The van der Waals surface area contributed by atoms with E-state index >= 15 is 0 Å². The Hall–Kier alpha value is -2.64. The van der Waals surface area contributed by atoms with Crippen LogP contribution in [0, 0.1) is 5.82 Å². The first kappa shape index (κ1) is 18.7. The van der Waals surface area contributed by atoms with Gasteiger partial charge in [0.25, 0.3) is 0 Å². The van der Waals surface area contributed by atoms with E-state index in [1.54, 1.807) is 36.5 Å². The molecule has 2 aliphatic heterocycles. The van der Waals surface area contributed by atoms with Gasteiger partial charge < -0.3 is 24.4 Å². The molecular formula is C21H24FN3O3. The highest BCUT2D eigenvalue weighted by atomic mass is 19.1. The minimum atomic E-state index is -0.215. The Morgan fingerprint density at radius 1 is 1.11 bits per heavy atom. The fraction of sp³-hybridized carbons (Fsp3) is 0.381. The number of phenolic OH excluding ortho intramolecular Hbond substituents is 1. The van der Waals surface area contributed by atoms with E-state index in [2.05, 4.69) is 4.99 Å². The monoisotopic (exact) mass is 385 g/mol. The molecule has 7 heteroatoms. The number of rotatable bonds is 5. The summed E-state index contributed by atoms with van der Waals surface area (Å²) in [5, 5.41) is 9.30. The molecule has 0 amide bonds. The molecule has 2 fully saturated rings. The average Bonchev–Trinajstić information content (AvgIpc) is 3.19. The predicted molar refractivity (Wildman–Crippen MR) is 107 cm³/mol. The highest BCUT2D eigenvalue weighted by molar-refractivity contribution is 5.79. The van der Waals surface area contributed by atoms with E-state index in [1.165, 1.54) is 0 Å². The summed E-state index contributed by atoms with van der Waals surface area (Å²) in [5.74, 6) is 0.0204. The molecule has 0 saturated carbocycles. The molecule has 1 N–H and O–H groups in total. The van der Waals surface area contributed by atoms with Gasteiger partial charge in [-0.15, -0.1) is 0 Å². The Balaban J connectivity index is 1.33. The summed E-state index contributed by atoms with van der Waals surface area (Å²) < 4.78 is 25.7. The third kappa shape index (κ3) is 4.43. The molecule has 2 aromatic rings. The lowest BCUT2D eigenvalue weighted by molar-refractivity contribution is 0.122. The largest absolute Gasteiger partial charge is 0.508 e. The zero-order valence-electron chi connectivity index (χ0n) is 15.6. The first-order valence-corrected chi connectivity index (χ1v) is 9.47. The summed E-state index contributed by atoms with van der Waals surface area (Å²) in [6.45, 7) is 4.32. The Labute approximate surface area is 163 Å². The third-order valence-corrected chi connectivity index (χ3v) is 4.98. The lowest BCUT2D eigenvalue weighted by atomic mass is 10.2. The van der Waals surface area contributed by atoms with E-state index in [4.69, 9.17) is 9.47 Å². The van der Waals surface area contributed by atoms with E-state index in [1.807, 2.05) is 21.9 Å². The van der Waals surface area contributed by atoms with Crippen LogP contribution in [0.5, 0.6) is 5.75 Å².